The maximum Gasteiger partial charge on any atom is 0.224 e. The van der Waals surface area contributed by atoms with E-state index in [0.29, 0.717) is 12.5 Å². The van der Waals surface area contributed by atoms with E-state index in [9.17, 15) is 4.79 Å². The molecule has 1 aliphatic rings. The van der Waals surface area contributed by atoms with Crippen molar-refractivity contribution >= 4 is 5.91 Å². The second-order valence-electron chi connectivity index (χ2n) is 5.35. The van der Waals surface area contributed by atoms with Crippen LogP contribution in [-0.2, 0) is 17.6 Å². The van der Waals surface area contributed by atoms with Gasteiger partial charge in [-0.3, -0.25) is 4.79 Å². The van der Waals surface area contributed by atoms with Gasteiger partial charge >= 0.3 is 0 Å². The lowest BCUT2D eigenvalue weighted by Gasteiger charge is -2.11. The van der Waals surface area contributed by atoms with E-state index in [1.54, 1.807) is 0 Å². The lowest BCUT2D eigenvalue weighted by molar-refractivity contribution is -0.121. The summed E-state index contributed by atoms with van der Waals surface area (Å²) < 4.78 is 0. The van der Waals surface area contributed by atoms with Crippen LogP contribution in [0.3, 0.4) is 0 Å². The highest BCUT2D eigenvalue weighted by Gasteiger charge is 2.16. The Morgan fingerprint density at radius 3 is 2.68 bits per heavy atom. The van der Waals surface area contributed by atoms with Gasteiger partial charge in [-0.15, -0.1) is 0 Å². The SMILES string of the molecule is CCCCc1ccc(CC(=O)NC2CCNC2)cc1. The molecule has 19 heavy (non-hydrogen) atoms. The number of rotatable bonds is 6. The molecule has 1 aliphatic heterocycles. The zero-order chi connectivity index (χ0) is 13.5. The first kappa shape index (κ1) is 14.1. The molecule has 0 radical (unpaired) electrons. The third-order valence-electron chi connectivity index (χ3n) is 3.63. The Labute approximate surface area is 115 Å². The minimum Gasteiger partial charge on any atom is -0.352 e. The standard InChI is InChI=1S/C16H24N2O/c1-2-3-4-13-5-7-14(8-6-13)11-16(19)18-15-9-10-17-12-15/h5-8,15,17H,2-4,9-12H2,1H3,(H,18,19). The monoisotopic (exact) mass is 260 g/mol. The van der Waals surface area contributed by atoms with Crippen molar-refractivity contribution in [2.24, 2.45) is 0 Å². The first-order valence-corrected chi connectivity index (χ1v) is 7.36. The lowest BCUT2D eigenvalue weighted by Crippen LogP contribution is -2.37. The Kier molecular flexibility index (Phi) is 5.40. The van der Waals surface area contributed by atoms with Gasteiger partial charge in [0.25, 0.3) is 0 Å². The first-order chi connectivity index (χ1) is 9.28. The fourth-order valence-electron chi connectivity index (χ4n) is 2.45. The molecule has 0 bridgehead atoms. The molecule has 1 heterocycles. The summed E-state index contributed by atoms with van der Waals surface area (Å²) >= 11 is 0. The molecule has 1 amide bonds. The third kappa shape index (κ3) is 4.67. The number of hydrogen-bond donors (Lipinski definition) is 2. The van der Waals surface area contributed by atoms with Crippen molar-refractivity contribution in [3.8, 4) is 0 Å². The molecule has 3 nitrogen and oxygen atoms in total. The third-order valence-corrected chi connectivity index (χ3v) is 3.63. The second-order valence-corrected chi connectivity index (χ2v) is 5.35. The van der Waals surface area contributed by atoms with Gasteiger partial charge in [-0.05, 0) is 36.9 Å². The minimum absolute atomic E-state index is 0.134. The van der Waals surface area contributed by atoms with Crippen LogP contribution in [0.25, 0.3) is 0 Å². The van der Waals surface area contributed by atoms with Crippen molar-refractivity contribution in [2.45, 2.75) is 45.1 Å². The van der Waals surface area contributed by atoms with Crippen LogP contribution in [-0.4, -0.2) is 25.0 Å². The molecule has 1 atom stereocenters. The predicted molar refractivity (Wildman–Crippen MR) is 78.2 cm³/mol. The molecule has 3 heteroatoms. The molecular weight excluding hydrogens is 236 g/mol. The highest BCUT2D eigenvalue weighted by atomic mass is 16.1. The molecule has 1 saturated heterocycles. The number of aryl methyl sites for hydroxylation is 1. The van der Waals surface area contributed by atoms with Crippen molar-refractivity contribution in [3.63, 3.8) is 0 Å². The van der Waals surface area contributed by atoms with Crippen molar-refractivity contribution < 1.29 is 4.79 Å². The summed E-state index contributed by atoms with van der Waals surface area (Å²) in [5, 5.41) is 6.33. The summed E-state index contributed by atoms with van der Waals surface area (Å²) in [6.07, 6.45) is 5.12. The summed E-state index contributed by atoms with van der Waals surface area (Å²) in [5.41, 5.74) is 2.47. The van der Waals surface area contributed by atoms with Gasteiger partial charge in [-0.2, -0.15) is 0 Å². The largest absolute Gasteiger partial charge is 0.352 e. The molecule has 1 aromatic rings. The normalized spacial score (nSPS) is 18.5. The van der Waals surface area contributed by atoms with Crippen LogP contribution >= 0.6 is 0 Å². The highest BCUT2D eigenvalue weighted by molar-refractivity contribution is 5.78. The van der Waals surface area contributed by atoms with Gasteiger partial charge < -0.3 is 10.6 Å². The van der Waals surface area contributed by atoms with Crippen LogP contribution in [0.2, 0.25) is 0 Å². The molecule has 1 aromatic carbocycles. The van der Waals surface area contributed by atoms with Crippen LogP contribution in [0.4, 0.5) is 0 Å². The Bertz CT molecular complexity index is 394. The van der Waals surface area contributed by atoms with Crippen molar-refractivity contribution in [1.29, 1.82) is 0 Å². The smallest absolute Gasteiger partial charge is 0.224 e. The number of carbonyl (C=O) groups excluding carboxylic acids is 1. The number of nitrogens with one attached hydrogen (secondary N) is 2. The van der Waals surface area contributed by atoms with Crippen LogP contribution < -0.4 is 10.6 Å². The maximum atomic E-state index is 11.9. The molecule has 0 aromatic heterocycles. The van der Waals surface area contributed by atoms with Crippen molar-refractivity contribution in [1.82, 2.24) is 10.6 Å². The van der Waals surface area contributed by atoms with Gasteiger partial charge in [0, 0.05) is 12.6 Å². The van der Waals surface area contributed by atoms with Gasteiger partial charge in [0.05, 0.1) is 6.42 Å². The number of amides is 1. The van der Waals surface area contributed by atoms with E-state index < -0.39 is 0 Å². The van der Waals surface area contributed by atoms with E-state index in [4.69, 9.17) is 0 Å². The van der Waals surface area contributed by atoms with Crippen molar-refractivity contribution in [3.05, 3.63) is 35.4 Å². The van der Waals surface area contributed by atoms with E-state index in [1.807, 2.05) is 0 Å². The summed E-state index contributed by atoms with van der Waals surface area (Å²) in [4.78, 5) is 11.9. The predicted octanol–water partition coefficient (Wildman–Crippen LogP) is 2.05. The van der Waals surface area contributed by atoms with E-state index in [2.05, 4.69) is 41.8 Å². The van der Waals surface area contributed by atoms with Gasteiger partial charge in [0.15, 0.2) is 0 Å². The summed E-state index contributed by atoms with van der Waals surface area (Å²) in [6, 6.07) is 8.77. The average molecular weight is 260 g/mol. The van der Waals surface area contributed by atoms with Crippen LogP contribution in [0.15, 0.2) is 24.3 Å². The fourth-order valence-corrected chi connectivity index (χ4v) is 2.45. The zero-order valence-electron chi connectivity index (χ0n) is 11.7. The van der Waals surface area contributed by atoms with Crippen molar-refractivity contribution in [2.75, 3.05) is 13.1 Å². The topological polar surface area (TPSA) is 41.1 Å². The highest BCUT2D eigenvalue weighted by Crippen LogP contribution is 2.09. The molecule has 2 rings (SSSR count). The minimum atomic E-state index is 0.134. The molecular formula is C16H24N2O. The molecule has 104 valence electrons. The Morgan fingerprint density at radius 1 is 1.32 bits per heavy atom. The van der Waals surface area contributed by atoms with Crippen LogP contribution in [0.5, 0.6) is 0 Å². The zero-order valence-corrected chi connectivity index (χ0v) is 11.7. The molecule has 1 unspecified atom stereocenters. The molecule has 2 N–H and O–H groups in total. The number of carbonyl (C=O) groups is 1. The number of hydrogen-bond acceptors (Lipinski definition) is 2. The fraction of sp³-hybridized carbons (Fsp3) is 0.562. The maximum absolute atomic E-state index is 11.9. The molecule has 1 fully saturated rings. The quantitative estimate of drug-likeness (QED) is 0.822. The molecule has 0 saturated carbocycles. The van der Waals surface area contributed by atoms with E-state index in [-0.39, 0.29) is 5.91 Å². The molecule has 0 spiro atoms. The number of benzene rings is 1. The molecule has 0 aliphatic carbocycles. The van der Waals surface area contributed by atoms with Crippen LogP contribution in [0.1, 0.15) is 37.3 Å². The lowest BCUT2D eigenvalue weighted by atomic mass is 10.0. The number of unbranched alkanes of at least 4 members (excludes halogenated alkanes) is 1. The van der Waals surface area contributed by atoms with Gasteiger partial charge in [0.2, 0.25) is 5.91 Å². The van der Waals surface area contributed by atoms with E-state index >= 15 is 0 Å². The van der Waals surface area contributed by atoms with Gasteiger partial charge in [-0.1, -0.05) is 37.6 Å². The van der Waals surface area contributed by atoms with Gasteiger partial charge in [0.1, 0.15) is 0 Å². The summed E-state index contributed by atoms with van der Waals surface area (Å²) in [7, 11) is 0. The second kappa shape index (κ2) is 7.29. The summed E-state index contributed by atoms with van der Waals surface area (Å²) in [6.45, 7) is 4.12. The Hall–Kier alpha value is -1.35. The van der Waals surface area contributed by atoms with Gasteiger partial charge in [-0.25, -0.2) is 0 Å². The van der Waals surface area contributed by atoms with E-state index in [1.165, 1.54) is 18.4 Å². The van der Waals surface area contributed by atoms with Crippen LogP contribution in [0, 0.1) is 0 Å². The average Bonchev–Trinajstić information content (AvgIpc) is 2.90. The van der Waals surface area contributed by atoms with E-state index in [0.717, 1.165) is 31.5 Å². The Balaban J connectivity index is 1.79. The summed E-state index contributed by atoms with van der Waals surface area (Å²) in [5.74, 6) is 0.134. The Morgan fingerprint density at radius 2 is 2.05 bits per heavy atom. The first-order valence-electron chi connectivity index (χ1n) is 7.36.